The van der Waals surface area contributed by atoms with Crippen molar-refractivity contribution in [3.05, 3.63) is 53.9 Å². The van der Waals surface area contributed by atoms with Gasteiger partial charge >= 0.3 is 5.97 Å². The fraction of sp³-hybridized carbons (Fsp3) is 0.143. The normalized spacial score (nSPS) is 10.3. The van der Waals surface area contributed by atoms with E-state index >= 15 is 0 Å². The molecule has 2 rings (SSSR count). The lowest BCUT2D eigenvalue weighted by atomic mass is 10.2. The average Bonchev–Trinajstić information content (AvgIpc) is 2.40. The Kier molecular flexibility index (Phi) is 3.99. The summed E-state index contributed by atoms with van der Waals surface area (Å²) in [7, 11) is 0. The summed E-state index contributed by atoms with van der Waals surface area (Å²) >= 11 is 1.57. The van der Waals surface area contributed by atoms with Gasteiger partial charge in [-0.2, -0.15) is 0 Å². The average molecular weight is 259 g/mol. The van der Waals surface area contributed by atoms with E-state index in [0.717, 1.165) is 16.2 Å². The number of aromatic carboxylic acids is 1. The number of aryl methyl sites for hydroxylation is 1. The summed E-state index contributed by atoms with van der Waals surface area (Å²) in [6, 6.07) is 11.6. The maximum Gasteiger partial charge on any atom is 0.354 e. The van der Waals surface area contributed by atoms with Gasteiger partial charge in [0.05, 0.1) is 0 Å². The van der Waals surface area contributed by atoms with E-state index in [1.165, 1.54) is 11.6 Å². The molecule has 0 aliphatic rings. The lowest BCUT2D eigenvalue weighted by molar-refractivity contribution is 0.0690. The number of nitrogens with zero attached hydrogens (tertiary/aromatic N) is 1. The van der Waals surface area contributed by atoms with Gasteiger partial charge in [0, 0.05) is 16.0 Å². The molecule has 1 aromatic carbocycles. The summed E-state index contributed by atoms with van der Waals surface area (Å²) < 4.78 is 0. The van der Waals surface area contributed by atoms with E-state index in [1.807, 2.05) is 0 Å². The lowest BCUT2D eigenvalue weighted by Gasteiger charge is -2.03. The summed E-state index contributed by atoms with van der Waals surface area (Å²) in [5.41, 5.74) is 1.37. The zero-order valence-electron chi connectivity index (χ0n) is 9.96. The molecule has 3 nitrogen and oxygen atoms in total. The molecule has 0 saturated carbocycles. The molecule has 0 spiro atoms. The van der Waals surface area contributed by atoms with E-state index in [4.69, 9.17) is 5.11 Å². The van der Waals surface area contributed by atoms with Crippen molar-refractivity contribution in [1.82, 2.24) is 4.98 Å². The number of pyridine rings is 1. The number of benzene rings is 1. The van der Waals surface area contributed by atoms with Crippen LogP contribution in [0, 0.1) is 0 Å². The Morgan fingerprint density at radius 2 is 1.83 bits per heavy atom. The number of carboxylic acids is 1. The van der Waals surface area contributed by atoms with Crippen molar-refractivity contribution in [2.75, 3.05) is 0 Å². The molecule has 0 bridgehead atoms. The molecule has 2 aromatic rings. The quantitative estimate of drug-likeness (QED) is 0.913. The minimum absolute atomic E-state index is 0.0701. The minimum atomic E-state index is -1.00. The fourth-order valence-corrected chi connectivity index (χ4v) is 2.28. The van der Waals surface area contributed by atoms with E-state index in [0.29, 0.717) is 0 Å². The molecule has 4 heteroatoms. The molecule has 1 aromatic heterocycles. The first kappa shape index (κ1) is 12.6. The van der Waals surface area contributed by atoms with Crippen molar-refractivity contribution in [2.45, 2.75) is 23.1 Å². The van der Waals surface area contributed by atoms with Crippen LogP contribution < -0.4 is 0 Å². The standard InChI is InChI=1S/C14H13NO2S/c1-2-10-3-5-11(6-4-10)18-12-7-8-13(14(16)17)15-9-12/h3-9H,2H2,1H3,(H,16,17). The lowest BCUT2D eigenvalue weighted by Crippen LogP contribution is -1.98. The Bertz CT molecular complexity index is 535. The van der Waals surface area contributed by atoms with Crippen LogP contribution in [0.25, 0.3) is 0 Å². The Balaban J connectivity index is 2.10. The van der Waals surface area contributed by atoms with Gasteiger partial charge in [0.25, 0.3) is 0 Å². The Labute approximate surface area is 110 Å². The summed E-state index contributed by atoms with van der Waals surface area (Å²) in [6.07, 6.45) is 2.61. The second-order valence-electron chi connectivity index (χ2n) is 3.78. The maximum absolute atomic E-state index is 10.7. The van der Waals surface area contributed by atoms with Gasteiger partial charge in [0.1, 0.15) is 5.69 Å². The monoisotopic (exact) mass is 259 g/mol. The third-order valence-electron chi connectivity index (χ3n) is 2.52. The molecule has 0 aliphatic carbocycles. The highest BCUT2D eigenvalue weighted by atomic mass is 32.2. The van der Waals surface area contributed by atoms with Crippen molar-refractivity contribution in [3.63, 3.8) is 0 Å². The molecule has 1 N–H and O–H groups in total. The summed E-state index contributed by atoms with van der Waals surface area (Å²) in [4.78, 5) is 16.6. The molecule has 0 fully saturated rings. The van der Waals surface area contributed by atoms with E-state index in [2.05, 4.69) is 36.2 Å². The second kappa shape index (κ2) is 5.69. The first-order chi connectivity index (χ1) is 8.69. The van der Waals surface area contributed by atoms with Crippen LogP contribution in [0.15, 0.2) is 52.4 Å². The smallest absolute Gasteiger partial charge is 0.354 e. The molecular formula is C14H13NO2S. The van der Waals surface area contributed by atoms with E-state index in [1.54, 1.807) is 24.0 Å². The first-order valence-electron chi connectivity index (χ1n) is 5.65. The molecule has 0 atom stereocenters. The van der Waals surface area contributed by atoms with Gasteiger partial charge in [-0.3, -0.25) is 0 Å². The molecule has 92 valence electrons. The molecule has 0 radical (unpaired) electrons. The highest BCUT2D eigenvalue weighted by Crippen LogP contribution is 2.27. The summed E-state index contributed by atoms with van der Waals surface area (Å²) in [5.74, 6) is -1.00. The number of carbonyl (C=O) groups is 1. The van der Waals surface area contributed by atoms with E-state index in [-0.39, 0.29) is 5.69 Å². The molecule has 0 aliphatic heterocycles. The Hall–Kier alpha value is -1.81. The van der Waals surface area contributed by atoms with Gasteiger partial charge in [-0.05, 0) is 36.2 Å². The van der Waals surface area contributed by atoms with Gasteiger partial charge in [0.15, 0.2) is 0 Å². The van der Waals surface area contributed by atoms with Crippen LogP contribution in [0.1, 0.15) is 23.0 Å². The molecule has 0 unspecified atom stereocenters. The zero-order valence-corrected chi connectivity index (χ0v) is 10.8. The van der Waals surface area contributed by atoms with Crippen LogP contribution in [-0.2, 0) is 6.42 Å². The van der Waals surface area contributed by atoms with Crippen LogP contribution in [0.3, 0.4) is 0 Å². The molecular weight excluding hydrogens is 246 g/mol. The molecule has 0 saturated heterocycles. The van der Waals surface area contributed by atoms with E-state index in [9.17, 15) is 4.79 Å². The number of hydrogen-bond acceptors (Lipinski definition) is 3. The third-order valence-corrected chi connectivity index (χ3v) is 3.51. The van der Waals surface area contributed by atoms with Crippen molar-refractivity contribution in [3.8, 4) is 0 Å². The molecule has 0 amide bonds. The van der Waals surface area contributed by atoms with Crippen molar-refractivity contribution in [1.29, 1.82) is 0 Å². The second-order valence-corrected chi connectivity index (χ2v) is 4.93. The topological polar surface area (TPSA) is 50.2 Å². The van der Waals surface area contributed by atoms with Crippen molar-refractivity contribution in [2.24, 2.45) is 0 Å². The van der Waals surface area contributed by atoms with E-state index < -0.39 is 5.97 Å². The van der Waals surface area contributed by atoms with Gasteiger partial charge < -0.3 is 5.11 Å². The Morgan fingerprint density at radius 1 is 1.17 bits per heavy atom. The predicted molar refractivity (Wildman–Crippen MR) is 71.1 cm³/mol. The SMILES string of the molecule is CCc1ccc(Sc2ccc(C(=O)O)nc2)cc1. The minimum Gasteiger partial charge on any atom is -0.477 e. The van der Waals surface area contributed by atoms with Crippen molar-refractivity contribution < 1.29 is 9.90 Å². The largest absolute Gasteiger partial charge is 0.477 e. The third kappa shape index (κ3) is 3.11. The van der Waals surface area contributed by atoms with Crippen LogP contribution in [0.4, 0.5) is 0 Å². The maximum atomic E-state index is 10.7. The summed E-state index contributed by atoms with van der Waals surface area (Å²) in [6.45, 7) is 2.12. The van der Waals surface area contributed by atoms with Gasteiger partial charge in [-0.1, -0.05) is 30.8 Å². The van der Waals surface area contributed by atoms with Gasteiger partial charge in [-0.15, -0.1) is 0 Å². The highest BCUT2D eigenvalue weighted by molar-refractivity contribution is 7.99. The van der Waals surface area contributed by atoms with Crippen LogP contribution >= 0.6 is 11.8 Å². The predicted octanol–water partition coefficient (Wildman–Crippen LogP) is 3.49. The van der Waals surface area contributed by atoms with Crippen LogP contribution in [-0.4, -0.2) is 16.1 Å². The number of hydrogen-bond donors (Lipinski definition) is 1. The number of carboxylic acid groups (broad SMARTS) is 1. The number of rotatable bonds is 4. The number of aromatic nitrogens is 1. The zero-order chi connectivity index (χ0) is 13.0. The van der Waals surface area contributed by atoms with Gasteiger partial charge in [-0.25, -0.2) is 9.78 Å². The van der Waals surface area contributed by atoms with Crippen LogP contribution in [0.2, 0.25) is 0 Å². The van der Waals surface area contributed by atoms with Gasteiger partial charge in [0.2, 0.25) is 0 Å². The molecule has 1 heterocycles. The molecule has 18 heavy (non-hydrogen) atoms. The summed E-state index contributed by atoms with van der Waals surface area (Å²) in [5, 5.41) is 8.75. The first-order valence-corrected chi connectivity index (χ1v) is 6.47. The fourth-order valence-electron chi connectivity index (χ4n) is 1.50. The highest BCUT2D eigenvalue weighted by Gasteiger charge is 2.04. The Morgan fingerprint density at radius 3 is 2.33 bits per heavy atom. The van der Waals surface area contributed by atoms with Crippen molar-refractivity contribution >= 4 is 17.7 Å². The van der Waals surface area contributed by atoms with Crippen LogP contribution in [0.5, 0.6) is 0 Å².